The van der Waals surface area contributed by atoms with E-state index in [-0.39, 0.29) is 28.9 Å². The third-order valence-electron chi connectivity index (χ3n) is 4.48. The number of fused-ring (bicyclic) bond motifs is 1. The Labute approximate surface area is 176 Å². The maximum absolute atomic E-state index is 12.8. The van der Waals surface area contributed by atoms with Gasteiger partial charge in [-0.2, -0.15) is 5.26 Å². The third-order valence-corrected chi connectivity index (χ3v) is 7.07. The predicted octanol–water partition coefficient (Wildman–Crippen LogP) is 3.05. The number of rotatable bonds is 5. The van der Waals surface area contributed by atoms with Gasteiger partial charge in [-0.15, -0.1) is 11.3 Å². The third kappa shape index (κ3) is 3.60. The number of carbonyl (C=O) groups excluding carboxylic acids is 1. The predicted molar refractivity (Wildman–Crippen MR) is 110 cm³/mol. The van der Waals surface area contributed by atoms with Crippen LogP contribution in [0.3, 0.4) is 0 Å². The minimum atomic E-state index is -3.63. The molecule has 0 saturated heterocycles. The topological polar surface area (TPSA) is 110 Å². The Bertz CT molecular complexity index is 1260. The molecule has 1 aliphatic rings. The first-order chi connectivity index (χ1) is 14.4. The second-order valence-corrected chi connectivity index (χ2v) is 9.30. The van der Waals surface area contributed by atoms with Gasteiger partial charge in [-0.05, 0) is 24.3 Å². The lowest BCUT2D eigenvalue weighted by molar-refractivity contribution is -0.120. The zero-order valence-electron chi connectivity index (χ0n) is 15.7. The lowest BCUT2D eigenvalue weighted by atomic mass is 10.1. The number of hydrogen-bond donors (Lipinski definition) is 0. The monoisotopic (exact) mass is 441 g/mol. The Morgan fingerprint density at radius 3 is 2.77 bits per heavy atom. The Kier molecular flexibility index (Phi) is 5.15. The van der Waals surface area contributed by atoms with Crippen molar-refractivity contribution in [1.29, 1.82) is 5.26 Å². The van der Waals surface area contributed by atoms with Crippen LogP contribution in [-0.4, -0.2) is 33.0 Å². The van der Waals surface area contributed by atoms with Crippen LogP contribution in [0.25, 0.3) is 0 Å². The van der Waals surface area contributed by atoms with E-state index < -0.39 is 9.84 Å². The van der Waals surface area contributed by atoms with Crippen molar-refractivity contribution in [1.82, 2.24) is 4.98 Å². The summed E-state index contributed by atoms with van der Waals surface area (Å²) in [7, 11) is -2.19. The summed E-state index contributed by atoms with van der Waals surface area (Å²) in [6.45, 7) is -0.258. The van der Waals surface area contributed by atoms with Gasteiger partial charge in [0.05, 0.1) is 35.0 Å². The van der Waals surface area contributed by atoms with E-state index >= 15 is 0 Å². The number of sulfone groups is 1. The van der Waals surface area contributed by atoms with Crippen molar-refractivity contribution in [2.24, 2.45) is 0 Å². The first kappa shape index (κ1) is 19.9. The summed E-state index contributed by atoms with van der Waals surface area (Å²) in [4.78, 5) is 18.1. The molecule has 30 heavy (non-hydrogen) atoms. The van der Waals surface area contributed by atoms with E-state index in [1.54, 1.807) is 23.7 Å². The fourth-order valence-electron chi connectivity index (χ4n) is 3.09. The molecule has 4 rings (SSSR count). The van der Waals surface area contributed by atoms with Gasteiger partial charge in [0.2, 0.25) is 0 Å². The highest BCUT2D eigenvalue weighted by atomic mass is 32.2. The van der Waals surface area contributed by atoms with Crippen molar-refractivity contribution >= 4 is 38.5 Å². The van der Waals surface area contributed by atoms with Crippen LogP contribution in [0.5, 0.6) is 11.5 Å². The summed E-state index contributed by atoms with van der Waals surface area (Å²) in [6.07, 6.45) is 1.56. The molecule has 0 spiro atoms. The molecule has 1 aromatic heterocycles. The summed E-state index contributed by atoms with van der Waals surface area (Å²) >= 11 is 1.27. The Balaban J connectivity index is 1.75. The van der Waals surface area contributed by atoms with Gasteiger partial charge >= 0.3 is 0 Å². The molecule has 0 atom stereocenters. The fraction of sp³-hybridized carbons (Fsp3) is 0.150. The van der Waals surface area contributed by atoms with Gasteiger partial charge in [0.1, 0.15) is 22.3 Å². The van der Waals surface area contributed by atoms with Crippen LogP contribution < -0.4 is 14.4 Å². The van der Waals surface area contributed by atoms with Crippen molar-refractivity contribution in [3.63, 3.8) is 0 Å². The highest BCUT2D eigenvalue weighted by Gasteiger charge is 2.31. The molecular weight excluding hydrogens is 426 g/mol. The summed E-state index contributed by atoms with van der Waals surface area (Å²) in [5.74, 6) is 0.0519. The second kappa shape index (κ2) is 7.78. The lowest BCUT2D eigenvalue weighted by Gasteiger charge is -2.30. The molecule has 10 heteroatoms. The van der Waals surface area contributed by atoms with Gasteiger partial charge in [0, 0.05) is 23.7 Å². The van der Waals surface area contributed by atoms with E-state index in [4.69, 9.17) is 14.7 Å². The van der Waals surface area contributed by atoms with Crippen LogP contribution in [0.1, 0.15) is 10.6 Å². The van der Waals surface area contributed by atoms with Crippen molar-refractivity contribution < 1.29 is 22.7 Å². The van der Waals surface area contributed by atoms with Gasteiger partial charge in [-0.25, -0.2) is 13.4 Å². The molecular formula is C20H15N3O5S2. The van der Waals surface area contributed by atoms with E-state index in [2.05, 4.69) is 4.98 Å². The van der Waals surface area contributed by atoms with Gasteiger partial charge in [-0.3, -0.25) is 9.69 Å². The molecule has 152 valence electrons. The number of methoxy groups -OCH3 is 1. The second-order valence-electron chi connectivity index (χ2n) is 6.33. The number of anilines is 2. The van der Waals surface area contributed by atoms with Crippen LogP contribution >= 0.6 is 11.3 Å². The van der Waals surface area contributed by atoms with Gasteiger partial charge in [0.15, 0.2) is 16.4 Å². The smallest absolute Gasteiger partial charge is 0.269 e. The highest BCUT2D eigenvalue weighted by Crippen LogP contribution is 2.42. The first-order valence-electron chi connectivity index (χ1n) is 8.72. The number of nitriles is 1. The zero-order valence-corrected chi connectivity index (χ0v) is 17.4. The first-order valence-corrected chi connectivity index (χ1v) is 11.2. The number of aromatic nitrogens is 1. The van der Waals surface area contributed by atoms with Crippen molar-refractivity contribution in [2.45, 2.75) is 10.6 Å². The summed E-state index contributed by atoms with van der Waals surface area (Å²) in [5, 5.41) is 11.3. The summed E-state index contributed by atoms with van der Waals surface area (Å²) < 4.78 is 36.4. The van der Waals surface area contributed by atoms with Gasteiger partial charge in [0.25, 0.3) is 5.91 Å². The minimum Gasteiger partial charge on any atom is -0.495 e. The van der Waals surface area contributed by atoms with E-state index in [0.717, 1.165) is 0 Å². The van der Waals surface area contributed by atoms with E-state index in [1.165, 1.54) is 47.6 Å². The molecule has 0 N–H and O–H groups in total. The van der Waals surface area contributed by atoms with Crippen molar-refractivity contribution in [2.75, 3.05) is 18.6 Å². The Morgan fingerprint density at radius 1 is 1.27 bits per heavy atom. The largest absolute Gasteiger partial charge is 0.495 e. The van der Waals surface area contributed by atoms with Crippen LogP contribution in [0.15, 0.2) is 52.9 Å². The SMILES string of the molecule is COc1cc(C#N)ccc1N1C(=O)COc2cc(S(=O)(=O)Cc3nccs3)ccc21. The summed E-state index contributed by atoms with van der Waals surface area (Å²) in [6, 6.07) is 11.1. The number of ether oxygens (including phenoxy) is 2. The average molecular weight is 441 g/mol. The number of amides is 1. The van der Waals surface area contributed by atoms with E-state index in [1.807, 2.05) is 6.07 Å². The Hall–Kier alpha value is -3.42. The fourth-order valence-corrected chi connectivity index (χ4v) is 5.36. The van der Waals surface area contributed by atoms with E-state index in [0.29, 0.717) is 27.7 Å². The molecule has 0 fully saturated rings. The molecule has 0 aliphatic carbocycles. The summed E-state index contributed by atoms with van der Waals surface area (Å²) in [5.41, 5.74) is 1.21. The lowest BCUT2D eigenvalue weighted by Crippen LogP contribution is -2.35. The molecule has 2 heterocycles. The zero-order chi connectivity index (χ0) is 21.3. The molecule has 2 aromatic carbocycles. The minimum absolute atomic E-state index is 0.0811. The van der Waals surface area contributed by atoms with Crippen LogP contribution in [0.4, 0.5) is 11.4 Å². The van der Waals surface area contributed by atoms with Crippen LogP contribution in [0, 0.1) is 11.3 Å². The maximum atomic E-state index is 12.8. The molecule has 3 aromatic rings. The molecule has 1 amide bonds. The van der Waals surface area contributed by atoms with Crippen molar-refractivity contribution in [3.8, 4) is 17.6 Å². The number of carbonyl (C=O) groups is 1. The molecule has 0 radical (unpaired) electrons. The molecule has 1 aliphatic heterocycles. The highest BCUT2D eigenvalue weighted by molar-refractivity contribution is 7.90. The molecule has 0 bridgehead atoms. The molecule has 8 nitrogen and oxygen atoms in total. The van der Waals surface area contributed by atoms with Crippen molar-refractivity contribution in [3.05, 3.63) is 58.5 Å². The standard InChI is InChI=1S/C20H15N3O5S2/c1-27-17-8-13(10-21)2-4-15(17)23-16-5-3-14(9-18(16)28-11-20(23)24)30(25,26)12-19-22-6-7-29-19/h2-9H,11-12H2,1H3. The van der Waals surface area contributed by atoms with E-state index in [9.17, 15) is 13.2 Å². The normalized spacial score (nSPS) is 13.3. The number of thiazole rings is 1. The van der Waals surface area contributed by atoms with Crippen LogP contribution in [-0.2, 0) is 20.4 Å². The molecule has 0 saturated carbocycles. The number of benzene rings is 2. The van der Waals surface area contributed by atoms with Crippen LogP contribution in [0.2, 0.25) is 0 Å². The number of hydrogen-bond acceptors (Lipinski definition) is 8. The Morgan fingerprint density at radius 2 is 2.07 bits per heavy atom. The average Bonchev–Trinajstić information content (AvgIpc) is 3.25. The molecule has 0 unspecified atom stereocenters. The number of nitrogens with zero attached hydrogens (tertiary/aromatic N) is 3. The van der Waals surface area contributed by atoms with Gasteiger partial charge < -0.3 is 9.47 Å². The van der Waals surface area contributed by atoms with Gasteiger partial charge in [-0.1, -0.05) is 0 Å². The quantitative estimate of drug-likeness (QED) is 0.598. The maximum Gasteiger partial charge on any atom is 0.269 e.